The van der Waals surface area contributed by atoms with E-state index in [1.165, 1.54) is 18.9 Å². The van der Waals surface area contributed by atoms with Crippen LogP contribution in [0.1, 0.15) is 33.6 Å². The summed E-state index contributed by atoms with van der Waals surface area (Å²) >= 11 is 0. The van der Waals surface area contributed by atoms with Gasteiger partial charge < -0.3 is 9.16 Å². The average Bonchev–Trinajstić information content (AvgIpc) is 2.28. The minimum atomic E-state index is -1.63. The molecule has 0 heterocycles. The van der Waals surface area contributed by atoms with E-state index < -0.39 is 8.32 Å². The Bertz CT molecular complexity index is 361. The van der Waals surface area contributed by atoms with Crippen molar-refractivity contribution < 1.29 is 9.16 Å². The molecule has 2 nitrogen and oxygen atoms in total. The molecule has 0 atom stereocenters. The van der Waals surface area contributed by atoms with Gasteiger partial charge in [0.1, 0.15) is 5.75 Å². The Labute approximate surface area is 112 Å². The van der Waals surface area contributed by atoms with Gasteiger partial charge in [0.25, 0.3) is 0 Å². The van der Waals surface area contributed by atoms with E-state index in [2.05, 4.69) is 20.0 Å². The maximum Gasteiger partial charge on any atom is 0.245 e. The Morgan fingerprint density at radius 2 is 1.72 bits per heavy atom. The van der Waals surface area contributed by atoms with E-state index in [9.17, 15) is 0 Å². The molecule has 0 aliphatic rings. The van der Waals surface area contributed by atoms with Crippen molar-refractivity contribution in [1.29, 1.82) is 0 Å². The van der Waals surface area contributed by atoms with Crippen LogP contribution in [0.3, 0.4) is 0 Å². The maximum atomic E-state index is 6.25. The Hall–Kier alpha value is -0.963. The van der Waals surface area contributed by atoms with Crippen LogP contribution in [-0.4, -0.2) is 14.4 Å². The summed E-state index contributed by atoms with van der Waals surface area (Å²) in [4.78, 5) is 0. The Morgan fingerprint density at radius 3 is 2.28 bits per heavy atom. The second kappa shape index (κ2) is 6.83. The topological polar surface area (TPSA) is 18.5 Å². The van der Waals surface area contributed by atoms with Crippen molar-refractivity contribution in [3.63, 3.8) is 0 Å². The molecule has 0 aromatic heterocycles. The lowest BCUT2D eigenvalue weighted by Gasteiger charge is -2.26. The van der Waals surface area contributed by atoms with Crippen LogP contribution in [0.2, 0.25) is 19.1 Å². The highest BCUT2D eigenvalue weighted by atomic mass is 28.4. The normalized spacial score (nSPS) is 11.7. The highest BCUT2D eigenvalue weighted by Gasteiger charge is 2.25. The summed E-state index contributed by atoms with van der Waals surface area (Å²) < 4.78 is 12.0. The monoisotopic (exact) mass is 266 g/mol. The minimum Gasteiger partial charge on any atom is -0.542 e. The molecule has 0 aliphatic heterocycles. The average molecular weight is 266 g/mol. The molecule has 0 amide bonds. The van der Waals surface area contributed by atoms with Gasteiger partial charge in [-0.2, -0.15) is 0 Å². The highest BCUT2D eigenvalue weighted by molar-refractivity contribution is 6.71. The molecule has 0 fully saturated rings. The van der Waals surface area contributed by atoms with E-state index in [0.29, 0.717) is 0 Å². The molecule has 102 valence electrons. The zero-order valence-electron chi connectivity index (χ0n) is 12.3. The quantitative estimate of drug-likeness (QED) is 0.656. The lowest BCUT2D eigenvalue weighted by atomic mass is 10.3. The molecule has 0 unspecified atom stereocenters. The second-order valence-electron chi connectivity index (χ2n) is 5.58. The van der Waals surface area contributed by atoms with Gasteiger partial charge in [-0.3, -0.25) is 0 Å². The first-order valence-corrected chi connectivity index (χ1v) is 10.0. The fraction of sp³-hybridized carbons (Fsp3) is 0.600. The third-order valence-corrected chi connectivity index (χ3v) is 5.06. The van der Waals surface area contributed by atoms with Crippen LogP contribution in [0.4, 0.5) is 0 Å². The van der Waals surface area contributed by atoms with Crippen molar-refractivity contribution in [2.45, 2.75) is 58.9 Å². The van der Waals surface area contributed by atoms with Gasteiger partial charge in [-0.1, -0.05) is 31.9 Å². The van der Waals surface area contributed by atoms with Crippen LogP contribution in [-0.2, 0) is 0 Å². The van der Waals surface area contributed by atoms with Crippen LogP contribution < -0.4 is 9.16 Å². The van der Waals surface area contributed by atoms with Crippen molar-refractivity contribution >= 4 is 8.32 Å². The summed E-state index contributed by atoms with van der Waals surface area (Å²) in [5.41, 5.74) is 0. The van der Waals surface area contributed by atoms with E-state index in [4.69, 9.17) is 9.16 Å². The standard InChI is InChI=1S/C15H26O2Si/c1-6-7-12-18(4,5)17-15-11-9-8-10-14(15)16-13(2)3/h8-11,13H,6-7,12H2,1-5H3. The van der Waals surface area contributed by atoms with E-state index in [0.717, 1.165) is 11.5 Å². The lowest BCUT2D eigenvalue weighted by Crippen LogP contribution is -2.34. The van der Waals surface area contributed by atoms with Gasteiger partial charge >= 0.3 is 0 Å². The van der Waals surface area contributed by atoms with Crippen LogP contribution in [0.15, 0.2) is 24.3 Å². The smallest absolute Gasteiger partial charge is 0.245 e. The van der Waals surface area contributed by atoms with E-state index >= 15 is 0 Å². The zero-order valence-corrected chi connectivity index (χ0v) is 13.3. The number of benzene rings is 1. The Balaban J connectivity index is 2.76. The predicted octanol–water partition coefficient (Wildman–Crippen LogP) is 4.86. The summed E-state index contributed by atoms with van der Waals surface area (Å²) in [7, 11) is -1.63. The number of hydrogen-bond donors (Lipinski definition) is 0. The van der Waals surface area contributed by atoms with Gasteiger partial charge in [0.15, 0.2) is 5.75 Å². The van der Waals surface area contributed by atoms with Crippen LogP contribution >= 0.6 is 0 Å². The Kier molecular flexibility index (Phi) is 5.73. The molecule has 3 heteroatoms. The van der Waals surface area contributed by atoms with Crippen LogP contribution in [0.5, 0.6) is 11.5 Å². The van der Waals surface area contributed by atoms with Crippen molar-refractivity contribution in [3.8, 4) is 11.5 Å². The molecule has 0 saturated heterocycles. The number of rotatable bonds is 7. The fourth-order valence-corrected chi connectivity index (χ4v) is 3.91. The first kappa shape index (κ1) is 15.1. The molecule has 0 saturated carbocycles. The summed E-state index contributed by atoms with van der Waals surface area (Å²) in [5.74, 6) is 1.77. The Morgan fingerprint density at radius 1 is 1.11 bits per heavy atom. The zero-order chi connectivity index (χ0) is 13.6. The summed E-state index contributed by atoms with van der Waals surface area (Å²) in [5, 5.41) is 0. The molecule has 1 aromatic carbocycles. The highest BCUT2D eigenvalue weighted by Crippen LogP contribution is 2.31. The van der Waals surface area contributed by atoms with Crippen molar-refractivity contribution in [1.82, 2.24) is 0 Å². The molecule has 0 bridgehead atoms. The van der Waals surface area contributed by atoms with Crippen molar-refractivity contribution in [2.24, 2.45) is 0 Å². The molecular formula is C15H26O2Si. The summed E-state index contributed by atoms with van der Waals surface area (Å²) in [6.07, 6.45) is 2.64. The van der Waals surface area contributed by atoms with E-state index in [1.54, 1.807) is 0 Å². The third kappa shape index (κ3) is 5.13. The van der Waals surface area contributed by atoms with Gasteiger partial charge in [-0.05, 0) is 45.1 Å². The molecule has 0 spiro atoms. The first-order chi connectivity index (χ1) is 8.44. The molecule has 18 heavy (non-hydrogen) atoms. The maximum absolute atomic E-state index is 6.25. The van der Waals surface area contributed by atoms with Crippen LogP contribution in [0, 0.1) is 0 Å². The predicted molar refractivity (Wildman–Crippen MR) is 80.0 cm³/mol. The fourth-order valence-electron chi connectivity index (χ4n) is 1.84. The molecule has 1 rings (SSSR count). The molecule has 0 radical (unpaired) electrons. The van der Waals surface area contributed by atoms with Gasteiger partial charge in [0.2, 0.25) is 8.32 Å². The molecular weight excluding hydrogens is 240 g/mol. The summed E-state index contributed by atoms with van der Waals surface area (Å²) in [6.45, 7) is 10.8. The molecule has 1 aromatic rings. The minimum absolute atomic E-state index is 0.176. The second-order valence-corrected chi connectivity index (χ2v) is 9.80. The lowest BCUT2D eigenvalue weighted by molar-refractivity contribution is 0.235. The van der Waals surface area contributed by atoms with Crippen molar-refractivity contribution in [2.75, 3.05) is 0 Å². The number of ether oxygens (including phenoxy) is 1. The van der Waals surface area contributed by atoms with Gasteiger partial charge in [0.05, 0.1) is 6.10 Å². The van der Waals surface area contributed by atoms with E-state index in [-0.39, 0.29) is 6.10 Å². The van der Waals surface area contributed by atoms with Crippen molar-refractivity contribution in [3.05, 3.63) is 24.3 Å². The van der Waals surface area contributed by atoms with Gasteiger partial charge in [-0.15, -0.1) is 0 Å². The SMILES string of the molecule is CCCC[Si](C)(C)Oc1ccccc1OC(C)C. The number of hydrogen-bond acceptors (Lipinski definition) is 2. The van der Waals surface area contributed by atoms with Gasteiger partial charge in [-0.25, -0.2) is 0 Å². The summed E-state index contributed by atoms with van der Waals surface area (Å²) in [6, 6.07) is 9.19. The third-order valence-electron chi connectivity index (χ3n) is 2.73. The first-order valence-electron chi connectivity index (χ1n) is 6.89. The van der Waals surface area contributed by atoms with Crippen LogP contribution in [0.25, 0.3) is 0 Å². The molecule has 0 N–H and O–H groups in total. The molecule has 0 aliphatic carbocycles. The van der Waals surface area contributed by atoms with E-state index in [1.807, 2.05) is 38.1 Å². The largest absolute Gasteiger partial charge is 0.542 e. The number of para-hydroxylation sites is 2. The van der Waals surface area contributed by atoms with Gasteiger partial charge in [0, 0.05) is 0 Å². The number of unbranched alkanes of at least 4 members (excludes halogenated alkanes) is 1.